The molecule has 2 rings (SSSR count). The minimum absolute atomic E-state index is 0.142. The summed E-state index contributed by atoms with van der Waals surface area (Å²) in [7, 11) is 0. The first-order chi connectivity index (χ1) is 8.63. The van der Waals surface area contributed by atoms with Crippen molar-refractivity contribution >= 4 is 12.3 Å². The highest BCUT2D eigenvalue weighted by atomic mass is 16.2. The topological polar surface area (TPSA) is 43.9 Å². The van der Waals surface area contributed by atoms with Crippen LogP contribution in [0.4, 0.5) is 0 Å². The highest BCUT2D eigenvalue weighted by Gasteiger charge is 2.34. The van der Waals surface area contributed by atoms with Crippen molar-refractivity contribution < 1.29 is 9.59 Å². The molecule has 0 aromatic carbocycles. The summed E-state index contributed by atoms with van der Waals surface area (Å²) in [6, 6.07) is 0.341. The quantitative estimate of drug-likeness (QED) is 0.673. The average Bonchev–Trinajstić information content (AvgIpc) is 2.86. The van der Waals surface area contributed by atoms with E-state index in [9.17, 15) is 9.59 Å². The van der Waals surface area contributed by atoms with Gasteiger partial charge in [-0.2, -0.15) is 0 Å². The molecule has 0 aromatic heterocycles. The summed E-state index contributed by atoms with van der Waals surface area (Å²) >= 11 is 0. The van der Waals surface area contributed by atoms with Crippen LogP contribution in [0, 0.1) is 0 Å². The predicted octanol–water partition coefficient (Wildman–Crippen LogP) is 0.160. The van der Waals surface area contributed by atoms with Crippen molar-refractivity contribution in [3.8, 4) is 0 Å². The second-order valence-electron chi connectivity index (χ2n) is 5.46. The van der Waals surface area contributed by atoms with Gasteiger partial charge in [0.15, 0.2) is 0 Å². The fraction of sp³-hybridized carbons (Fsp3) is 0.846. The lowest BCUT2D eigenvalue weighted by Crippen LogP contribution is -2.54. The second kappa shape index (κ2) is 5.69. The molecule has 18 heavy (non-hydrogen) atoms. The molecular weight excluding hydrogens is 230 g/mol. The van der Waals surface area contributed by atoms with Gasteiger partial charge in [0, 0.05) is 38.8 Å². The van der Waals surface area contributed by atoms with Gasteiger partial charge in [0.2, 0.25) is 12.3 Å². The molecular formula is C13H23N3O2. The Balaban J connectivity index is 1.89. The summed E-state index contributed by atoms with van der Waals surface area (Å²) in [6.45, 7) is 8.56. The van der Waals surface area contributed by atoms with E-state index in [2.05, 4.69) is 18.7 Å². The Bertz CT molecular complexity index is 311. The van der Waals surface area contributed by atoms with E-state index in [0.717, 1.165) is 52.0 Å². The van der Waals surface area contributed by atoms with Gasteiger partial charge >= 0.3 is 0 Å². The van der Waals surface area contributed by atoms with E-state index in [0.29, 0.717) is 6.04 Å². The van der Waals surface area contributed by atoms with Gasteiger partial charge in [-0.05, 0) is 26.7 Å². The van der Waals surface area contributed by atoms with E-state index in [1.807, 2.05) is 4.90 Å². The molecule has 0 unspecified atom stereocenters. The van der Waals surface area contributed by atoms with Crippen LogP contribution in [0.1, 0.15) is 26.7 Å². The fourth-order valence-electron chi connectivity index (χ4n) is 2.85. The molecule has 2 aliphatic rings. The molecule has 2 aliphatic heterocycles. The molecule has 2 saturated heterocycles. The number of rotatable bonds is 3. The molecule has 0 radical (unpaired) electrons. The fourth-order valence-corrected chi connectivity index (χ4v) is 2.85. The monoisotopic (exact) mass is 253 g/mol. The molecule has 0 aromatic rings. The van der Waals surface area contributed by atoms with E-state index >= 15 is 0 Å². The van der Waals surface area contributed by atoms with Gasteiger partial charge in [0.1, 0.15) is 6.04 Å². The van der Waals surface area contributed by atoms with Crippen LogP contribution in [0.15, 0.2) is 0 Å². The summed E-state index contributed by atoms with van der Waals surface area (Å²) in [6.07, 6.45) is 2.59. The van der Waals surface area contributed by atoms with Crippen molar-refractivity contribution in [3.05, 3.63) is 0 Å². The lowest BCUT2D eigenvalue weighted by Gasteiger charge is -2.38. The number of piperazine rings is 1. The number of hydrogen-bond donors (Lipinski definition) is 0. The lowest BCUT2D eigenvalue weighted by atomic mass is 10.1. The van der Waals surface area contributed by atoms with Gasteiger partial charge in [-0.1, -0.05) is 0 Å². The van der Waals surface area contributed by atoms with Crippen LogP contribution in [0.2, 0.25) is 0 Å². The van der Waals surface area contributed by atoms with E-state index < -0.39 is 0 Å². The van der Waals surface area contributed by atoms with Crippen LogP contribution in [-0.4, -0.2) is 71.8 Å². The molecule has 0 saturated carbocycles. The maximum absolute atomic E-state index is 12.4. The summed E-state index contributed by atoms with van der Waals surface area (Å²) < 4.78 is 0. The molecule has 102 valence electrons. The minimum Gasteiger partial charge on any atom is -0.338 e. The van der Waals surface area contributed by atoms with E-state index in [1.54, 1.807) is 4.90 Å². The lowest BCUT2D eigenvalue weighted by molar-refractivity contribution is -0.141. The van der Waals surface area contributed by atoms with Crippen LogP contribution >= 0.6 is 0 Å². The number of likely N-dealkylation sites (tertiary alicyclic amines) is 1. The Labute approximate surface area is 109 Å². The summed E-state index contributed by atoms with van der Waals surface area (Å²) in [4.78, 5) is 29.2. The highest BCUT2D eigenvalue weighted by Crippen LogP contribution is 2.18. The Morgan fingerprint density at radius 3 is 2.39 bits per heavy atom. The van der Waals surface area contributed by atoms with Crippen LogP contribution < -0.4 is 0 Å². The van der Waals surface area contributed by atoms with Crippen molar-refractivity contribution in [1.82, 2.24) is 14.7 Å². The van der Waals surface area contributed by atoms with E-state index in [4.69, 9.17) is 0 Å². The zero-order chi connectivity index (χ0) is 13.1. The Morgan fingerprint density at radius 2 is 1.83 bits per heavy atom. The van der Waals surface area contributed by atoms with Gasteiger partial charge in [-0.25, -0.2) is 0 Å². The highest BCUT2D eigenvalue weighted by molar-refractivity contribution is 5.84. The van der Waals surface area contributed by atoms with Crippen LogP contribution in [0.5, 0.6) is 0 Å². The van der Waals surface area contributed by atoms with Crippen molar-refractivity contribution in [1.29, 1.82) is 0 Å². The van der Waals surface area contributed by atoms with Crippen molar-refractivity contribution in [3.63, 3.8) is 0 Å². The van der Waals surface area contributed by atoms with Crippen LogP contribution in [0.3, 0.4) is 0 Å². The maximum Gasteiger partial charge on any atom is 0.245 e. The SMILES string of the molecule is CC(C)N1CCN(C(=O)[C@@H]2CCCN2C=O)CC1. The standard InChI is InChI=1S/C13H23N3O2/c1-11(2)14-6-8-15(9-7-14)13(18)12-4-3-5-16(12)10-17/h10-12H,3-9H2,1-2H3/t12-/m0/s1. The van der Waals surface area contributed by atoms with Gasteiger partial charge in [-0.3, -0.25) is 14.5 Å². The molecule has 0 spiro atoms. The van der Waals surface area contributed by atoms with Crippen LogP contribution in [-0.2, 0) is 9.59 Å². The summed E-state index contributed by atoms with van der Waals surface area (Å²) in [5.74, 6) is 0.142. The molecule has 0 aliphatic carbocycles. The molecule has 5 nitrogen and oxygen atoms in total. The second-order valence-corrected chi connectivity index (χ2v) is 5.46. The first-order valence-electron chi connectivity index (χ1n) is 6.87. The zero-order valence-corrected chi connectivity index (χ0v) is 11.3. The molecule has 2 fully saturated rings. The van der Waals surface area contributed by atoms with Crippen molar-refractivity contribution in [2.24, 2.45) is 0 Å². The minimum atomic E-state index is -0.201. The van der Waals surface area contributed by atoms with E-state index in [-0.39, 0.29) is 11.9 Å². The van der Waals surface area contributed by atoms with Gasteiger partial charge in [0.05, 0.1) is 0 Å². The largest absolute Gasteiger partial charge is 0.338 e. The average molecular weight is 253 g/mol. The van der Waals surface area contributed by atoms with Crippen LogP contribution in [0.25, 0.3) is 0 Å². The number of nitrogens with zero attached hydrogens (tertiary/aromatic N) is 3. The summed E-state index contributed by atoms with van der Waals surface area (Å²) in [5, 5.41) is 0. The third-order valence-corrected chi connectivity index (χ3v) is 4.07. The number of carbonyl (C=O) groups is 2. The first kappa shape index (κ1) is 13.3. The van der Waals surface area contributed by atoms with Gasteiger partial charge in [-0.15, -0.1) is 0 Å². The first-order valence-corrected chi connectivity index (χ1v) is 6.87. The predicted molar refractivity (Wildman–Crippen MR) is 69.1 cm³/mol. The number of amides is 2. The van der Waals surface area contributed by atoms with Crippen molar-refractivity contribution in [2.75, 3.05) is 32.7 Å². The van der Waals surface area contributed by atoms with Gasteiger partial charge in [0.25, 0.3) is 0 Å². The Hall–Kier alpha value is -1.10. The molecule has 1 atom stereocenters. The molecule has 5 heteroatoms. The van der Waals surface area contributed by atoms with E-state index in [1.165, 1.54) is 0 Å². The van der Waals surface area contributed by atoms with Crippen molar-refractivity contribution in [2.45, 2.75) is 38.8 Å². The molecule has 0 N–H and O–H groups in total. The number of hydrogen-bond acceptors (Lipinski definition) is 3. The zero-order valence-electron chi connectivity index (χ0n) is 11.3. The third kappa shape index (κ3) is 2.66. The normalized spacial score (nSPS) is 25.8. The number of carbonyl (C=O) groups excluding carboxylic acids is 2. The Morgan fingerprint density at radius 1 is 1.17 bits per heavy atom. The summed E-state index contributed by atoms with van der Waals surface area (Å²) in [5.41, 5.74) is 0. The Kier molecular flexibility index (Phi) is 4.22. The maximum atomic E-state index is 12.4. The molecule has 0 bridgehead atoms. The third-order valence-electron chi connectivity index (χ3n) is 4.07. The smallest absolute Gasteiger partial charge is 0.245 e. The molecule has 2 amide bonds. The van der Waals surface area contributed by atoms with Gasteiger partial charge < -0.3 is 9.80 Å². The molecule has 2 heterocycles.